The molecule has 1 aliphatic heterocycles. The predicted molar refractivity (Wildman–Crippen MR) is 91.8 cm³/mol. The van der Waals surface area contributed by atoms with Crippen molar-refractivity contribution >= 4 is 27.1 Å². The van der Waals surface area contributed by atoms with Crippen molar-refractivity contribution in [2.24, 2.45) is 5.10 Å². The van der Waals surface area contributed by atoms with Crippen LogP contribution < -0.4 is 56.2 Å². The molecule has 5 N–H and O–H groups in total. The first-order valence-corrected chi connectivity index (χ1v) is 9.80. The summed E-state index contributed by atoms with van der Waals surface area (Å²) in [4.78, 5) is 1.48. The quantitative estimate of drug-likeness (QED) is 0.0944. The first-order valence-electron chi connectivity index (χ1n) is 7.51. The Morgan fingerprint density at radius 1 is 1.19 bits per heavy atom. The maximum absolute atomic E-state index is 10.8. The summed E-state index contributed by atoms with van der Waals surface area (Å²) in [6.07, 6.45) is -5.61. The third kappa shape index (κ3) is 7.96. The Labute approximate surface area is 203 Å². The summed E-state index contributed by atoms with van der Waals surface area (Å²) >= 11 is 0.764. The Morgan fingerprint density at radius 3 is 2.37 bits per heavy atom. The molecule has 2 rings (SSSR count). The summed E-state index contributed by atoms with van der Waals surface area (Å²) in [6.45, 7) is -0.597. The van der Waals surface area contributed by atoms with Crippen LogP contribution in [-0.4, -0.2) is 74.9 Å². The van der Waals surface area contributed by atoms with E-state index in [1.54, 1.807) is 30.3 Å². The molecule has 0 aromatic heterocycles. The van der Waals surface area contributed by atoms with Gasteiger partial charge in [0, 0.05) is 6.42 Å². The Kier molecular flexibility index (Phi) is 10.9. The molecule has 1 saturated heterocycles. The van der Waals surface area contributed by atoms with Crippen LogP contribution in [0, 0.1) is 0 Å². The van der Waals surface area contributed by atoms with Crippen molar-refractivity contribution in [1.82, 2.24) is 4.83 Å². The van der Waals surface area contributed by atoms with Gasteiger partial charge in [0.1, 0.15) is 34.9 Å². The van der Waals surface area contributed by atoms with Gasteiger partial charge in [-0.2, -0.15) is 5.10 Å². The zero-order valence-corrected chi connectivity index (χ0v) is 19.1. The van der Waals surface area contributed by atoms with E-state index < -0.39 is 46.8 Å². The largest absolute Gasteiger partial charge is 1.00 e. The van der Waals surface area contributed by atoms with Crippen LogP contribution in [0.4, 0.5) is 0 Å². The van der Waals surface area contributed by atoms with E-state index in [9.17, 15) is 33.4 Å². The van der Waals surface area contributed by atoms with Gasteiger partial charge in [-0.1, -0.05) is 42.1 Å². The van der Waals surface area contributed by atoms with Crippen LogP contribution in [0.25, 0.3) is 0 Å². The molecule has 1 heterocycles. The van der Waals surface area contributed by atoms with Gasteiger partial charge in [0.05, 0.1) is 6.61 Å². The molecule has 0 spiro atoms. The van der Waals surface area contributed by atoms with Crippen LogP contribution in [0.2, 0.25) is 0 Å². The van der Waals surface area contributed by atoms with Gasteiger partial charge in [0.2, 0.25) is 0 Å². The number of ether oxygens (including phenoxy) is 1. The minimum atomic E-state index is -4.83. The Bertz CT molecular complexity index is 719. The topological polar surface area (TPSA) is 172 Å². The van der Waals surface area contributed by atoms with Crippen LogP contribution in [0.5, 0.6) is 0 Å². The second-order valence-corrected chi connectivity index (χ2v) is 7.79. The molecule has 0 amide bonds. The number of aliphatic hydroxyl groups is 4. The molecule has 0 bridgehead atoms. The number of rotatable bonds is 6. The molecule has 27 heavy (non-hydrogen) atoms. The summed E-state index contributed by atoms with van der Waals surface area (Å²) in [7, 11) is -4.83. The van der Waals surface area contributed by atoms with Crippen molar-refractivity contribution < 1.29 is 89.5 Å². The third-order valence-electron chi connectivity index (χ3n) is 3.58. The summed E-state index contributed by atoms with van der Waals surface area (Å²) in [5.41, 5.74) is -0.405. The van der Waals surface area contributed by atoms with Gasteiger partial charge < -0.3 is 29.7 Å². The molecular weight excluding hydrogens is 427 g/mol. The number of hydrogen-bond acceptors (Lipinski definition) is 10. The molecule has 0 saturated carbocycles. The molecule has 1 aromatic carbocycles. The second-order valence-electron chi connectivity index (χ2n) is 5.53. The fourth-order valence-electron chi connectivity index (χ4n) is 2.28. The molecule has 1 aliphatic rings. The summed E-state index contributed by atoms with van der Waals surface area (Å²) in [6, 6.07) is 8.78. The minimum absolute atomic E-state index is 0. The second kappa shape index (κ2) is 11.5. The number of nitrogens with zero attached hydrogens (tertiary/aromatic N) is 1. The van der Waals surface area contributed by atoms with Gasteiger partial charge in [-0.3, -0.25) is 0 Å². The summed E-state index contributed by atoms with van der Waals surface area (Å²) in [5.74, 6) is 0. The van der Waals surface area contributed by atoms with Gasteiger partial charge in [-0.05, 0) is 5.56 Å². The monoisotopic (exact) mass is 446 g/mol. The molecule has 1 fully saturated rings. The number of hydrazone groups is 1. The number of nitrogens with one attached hydrogen (secondary N) is 1. The molecule has 10 nitrogen and oxygen atoms in total. The zero-order valence-electron chi connectivity index (χ0n) is 14.4. The first-order chi connectivity index (χ1) is 12.2. The summed E-state index contributed by atoms with van der Waals surface area (Å²) in [5, 5.41) is 42.5. The van der Waals surface area contributed by atoms with Gasteiger partial charge in [-0.15, -0.1) is 0 Å². The van der Waals surface area contributed by atoms with Crippen LogP contribution >= 0.6 is 11.8 Å². The molecule has 0 aliphatic carbocycles. The fourth-order valence-corrected chi connectivity index (χ4v) is 3.68. The first kappa shape index (κ1) is 25.4. The third-order valence-corrected chi connectivity index (χ3v) is 5.03. The van der Waals surface area contributed by atoms with Crippen molar-refractivity contribution in [3.05, 3.63) is 35.9 Å². The molecule has 0 unspecified atom stereocenters. The SMILES string of the molecule is O=S(=O)([O-])N/N=C(\Cc1ccccc1)S[C@@H]1O[C@H](CO)[C@@H](O)[C@H](O)[C@H]1O.[K+]. The smallest absolute Gasteiger partial charge is 0.730 e. The van der Waals surface area contributed by atoms with E-state index in [2.05, 4.69) is 5.10 Å². The maximum Gasteiger partial charge on any atom is 1.00 e. The standard InChI is InChI=1S/C14H20N2O8S2.K/c17-7-9-11(18)12(19)13(20)14(24-9)25-10(15-16-26(21,22)23)6-8-4-2-1-3-5-8;/h1-5,9,11-14,16-20H,6-7H2,(H,21,22,23);/q;+1/p-1/b15-10+;/t9-,11-,12+,13-,14+;/m1./s1. The molecule has 5 atom stereocenters. The minimum Gasteiger partial charge on any atom is -0.730 e. The number of benzene rings is 1. The van der Waals surface area contributed by atoms with Crippen molar-refractivity contribution in [1.29, 1.82) is 0 Å². The number of aliphatic hydroxyl groups excluding tert-OH is 4. The Hall–Kier alpha value is 0.386. The molecular formula is C14H19KN2O8S2. The zero-order chi connectivity index (χ0) is 19.3. The average molecular weight is 447 g/mol. The van der Waals surface area contributed by atoms with Gasteiger partial charge in [0.25, 0.3) is 0 Å². The molecule has 1 aromatic rings. The van der Waals surface area contributed by atoms with E-state index in [0.29, 0.717) is 0 Å². The number of thioether (sulfide) groups is 1. The van der Waals surface area contributed by atoms with Crippen molar-refractivity contribution in [3.8, 4) is 0 Å². The van der Waals surface area contributed by atoms with E-state index >= 15 is 0 Å². The fraction of sp³-hybridized carbons (Fsp3) is 0.500. The van der Waals surface area contributed by atoms with E-state index in [4.69, 9.17) is 4.74 Å². The van der Waals surface area contributed by atoms with Crippen molar-refractivity contribution in [2.45, 2.75) is 36.3 Å². The van der Waals surface area contributed by atoms with E-state index in [0.717, 1.165) is 17.3 Å². The van der Waals surface area contributed by atoms with E-state index in [1.807, 2.05) is 0 Å². The number of hydrogen-bond donors (Lipinski definition) is 5. The van der Waals surface area contributed by atoms with Crippen LogP contribution in [-0.2, 0) is 21.5 Å². The normalized spacial score (nSPS) is 29.1. The summed E-state index contributed by atoms with van der Waals surface area (Å²) < 4.78 is 37.7. The van der Waals surface area contributed by atoms with Crippen molar-refractivity contribution in [3.63, 3.8) is 0 Å². The molecule has 13 heteroatoms. The molecule has 146 valence electrons. The van der Waals surface area contributed by atoms with E-state index in [-0.39, 0.29) is 62.8 Å². The van der Waals surface area contributed by atoms with Gasteiger partial charge in [-0.25, -0.2) is 13.2 Å². The van der Waals surface area contributed by atoms with Gasteiger partial charge >= 0.3 is 51.4 Å². The van der Waals surface area contributed by atoms with Gasteiger partial charge in [0.15, 0.2) is 10.3 Å². The average Bonchev–Trinajstić information content (AvgIpc) is 2.60. The van der Waals surface area contributed by atoms with Crippen LogP contribution in [0.3, 0.4) is 0 Å². The van der Waals surface area contributed by atoms with Crippen LogP contribution in [0.1, 0.15) is 5.56 Å². The predicted octanol–water partition coefficient (Wildman–Crippen LogP) is -4.87. The van der Waals surface area contributed by atoms with E-state index in [1.165, 1.54) is 4.83 Å². The maximum atomic E-state index is 10.8. The molecule has 0 radical (unpaired) electrons. The Balaban J connectivity index is 0.00000364. The Morgan fingerprint density at radius 2 is 1.81 bits per heavy atom. The van der Waals surface area contributed by atoms with Crippen molar-refractivity contribution in [2.75, 3.05) is 6.61 Å². The van der Waals surface area contributed by atoms with Crippen LogP contribution in [0.15, 0.2) is 35.4 Å².